The predicted octanol–water partition coefficient (Wildman–Crippen LogP) is 0.716. The number of nitro benzene ring substituents is 1. The Balaban J connectivity index is 2.51. The molecule has 0 aliphatic carbocycles. The van der Waals surface area contributed by atoms with Gasteiger partial charge in [0.25, 0.3) is 5.69 Å². The second kappa shape index (κ2) is 5.43. The Kier molecular flexibility index (Phi) is 4.02. The maximum absolute atomic E-state index is 13.1. The molecule has 1 N–H and O–H groups in total. The highest BCUT2D eigenvalue weighted by molar-refractivity contribution is 7.89. The molecule has 20 heavy (non-hydrogen) atoms. The van der Waals surface area contributed by atoms with Gasteiger partial charge in [-0.1, -0.05) is 0 Å². The van der Waals surface area contributed by atoms with Crippen LogP contribution in [0.1, 0.15) is 6.92 Å². The minimum absolute atomic E-state index is 0.220. The Morgan fingerprint density at radius 3 is 2.80 bits per heavy atom. The highest BCUT2D eigenvalue weighted by Gasteiger charge is 2.35. The van der Waals surface area contributed by atoms with Crippen LogP contribution < -0.4 is 5.32 Å². The lowest BCUT2D eigenvalue weighted by Crippen LogP contribution is -2.52. The number of sulfonamides is 1. The number of hydrogen-bond acceptors (Lipinski definition) is 5. The molecule has 1 aromatic rings. The van der Waals surface area contributed by atoms with Crippen LogP contribution in [-0.4, -0.2) is 43.3 Å². The Hall–Kier alpha value is -1.58. The van der Waals surface area contributed by atoms with Gasteiger partial charge in [0.15, 0.2) is 4.90 Å². The lowest BCUT2D eigenvalue weighted by atomic mass is 10.3. The van der Waals surface area contributed by atoms with E-state index in [2.05, 4.69) is 5.32 Å². The van der Waals surface area contributed by atoms with E-state index >= 15 is 0 Å². The maximum Gasteiger partial charge on any atom is 0.292 e. The van der Waals surface area contributed by atoms with Crippen molar-refractivity contribution in [3.8, 4) is 0 Å². The zero-order chi connectivity index (χ0) is 14.9. The largest absolute Gasteiger partial charge is 0.314 e. The normalized spacial score (nSPS) is 20.8. The Morgan fingerprint density at radius 1 is 1.50 bits per heavy atom. The number of nitrogens with one attached hydrogen (secondary N) is 1. The minimum atomic E-state index is -4.02. The molecule has 1 fully saturated rings. The highest BCUT2D eigenvalue weighted by Crippen LogP contribution is 2.28. The molecule has 0 unspecified atom stereocenters. The maximum atomic E-state index is 13.1. The summed E-state index contributed by atoms with van der Waals surface area (Å²) in [4.78, 5) is 9.57. The summed E-state index contributed by atoms with van der Waals surface area (Å²) in [6.45, 7) is 2.86. The summed E-state index contributed by atoms with van der Waals surface area (Å²) in [5.41, 5.74) is -0.740. The first-order valence-electron chi connectivity index (χ1n) is 6.00. The van der Waals surface area contributed by atoms with E-state index in [-0.39, 0.29) is 12.6 Å². The van der Waals surface area contributed by atoms with E-state index in [4.69, 9.17) is 0 Å². The van der Waals surface area contributed by atoms with E-state index in [9.17, 15) is 22.9 Å². The summed E-state index contributed by atoms with van der Waals surface area (Å²) < 4.78 is 39.3. The third-order valence-corrected chi connectivity index (χ3v) is 5.21. The number of halogens is 1. The summed E-state index contributed by atoms with van der Waals surface area (Å²) in [5.74, 6) is -0.844. The van der Waals surface area contributed by atoms with Crippen LogP contribution in [0.3, 0.4) is 0 Å². The fourth-order valence-electron chi connectivity index (χ4n) is 2.16. The van der Waals surface area contributed by atoms with E-state index in [0.29, 0.717) is 19.2 Å². The van der Waals surface area contributed by atoms with Crippen LogP contribution in [0.15, 0.2) is 23.1 Å². The molecule has 110 valence electrons. The van der Waals surface area contributed by atoms with Gasteiger partial charge < -0.3 is 5.32 Å². The number of piperazine rings is 1. The summed E-state index contributed by atoms with van der Waals surface area (Å²) in [6, 6.07) is 2.16. The highest BCUT2D eigenvalue weighted by atomic mass is 32.2. The lowest BCUT2D eigenvalue weighted by molar-refractivity contribution is -0.388. The number of rotatable bonds is 3. The van der Waals surface area contributed by atoms with Crippen molar-refractivity contribution in [1.82, 2.24) is 9.62 Å². The van der Waals surface area contributed by atoms with E-state index < -0.39 is 31.3 Å². The Morgan fingerprint density at radius 2 is 2.20 bits per heavy atom. The number of nitrogens with zero attached hydrogens (tertiary/aromatic N) is 2. The molecule has 1 aliphatic heterocycles. The van der Waals surface area contributed by atoms with Gasteiger partial charge in [-0.05, 0) is 19.1 Å². The second-order valence-electron chi connectivity index (χ2n) is 4.54. The van der Waals surface area contributed by atoms with Crippen molar-refractivity contribution in [2.45, 2.75) is 17.9 Å². The molecule has 1 heterocycles. The van der Waals surface area contributed by atoms with Crippen LogP contribution in [0.5, 0.6) is 0 Å². The lowest BCUT2D eigenvalue weighted by Gasteiger charge is -2.32. The van der Waals surface area contributed by atoms with Crippen molar-refractivity contribution < 1.29 is 17.7 Å². The van der Waals surface area contributed by atoms with E-state index in [1.165, 1.54) is 4.31 Å². The van der Waals surface area contributed by atoms with Gasteiger partial charge in [-0.3, -0.25) is 10.1 Å². The first-order valence-corrected chi connectivity index (χ1v) is 7.44. The molecule has 0 amide bonds. The topological polar surface area (TPSA) is 92.6 Å². The van der Waals surface area contributed by atoms with Crippen LogP contribution in [0.25, 0.3) is 0 Å². The minimum Gasteiger partial charge on any atom is -0.314 e. The molecule has 0 radical (unpaired) electrons. The van der Waals surface area contributed by atoms with Gasteiger partial charge in [0.1, 0.15) is 5.82 Å². The van der Waals surface area contributed by atoms with Gasteiger partial charge in [-0.15, -0.1) is 0 Å². The SMILES string of the molecule is C[C@@H]1CNCCN1S(=O)(=O)c1ccc(F)cc1[N+](=O)[O-]. The molecule has 0 aromatic heterocycles. The van der Waals surface area contributed by atoms with Crippen LogP contribution >= 0.6 is 0 Å². The smallest absolute Gasteiger partial charge is 0.292 e. The van der Waals surface area contributed by atoms with Crippen molar-refractivity contribution in [2.24, 2.45) is 0 Å². The average molecular weight is 303 g/mol. The summed E-state index contributed by atoms with van der Waals surface area (Å²) in [6.07, 6.45) is 0. The molecule has 9 heteroatoms. The van der Waals surface area contributed by atoms with Gasteiger partial charge in [0.05, 0.1) is 11.0 Å². The molecule has 7 nitrogen and oxygen atoms in total. The molecule has 1 atom stereocenters. The zero-order valence-electron chi connectivity index (χ0n) is 10.7. The number of nitro groups is 1. The molecule has 1 saturated heterocycles. The predicted molar refractivity (Wildman–Crippen MR) is 69.3 cm³/mol. The molecule has 1 aliphatic rings. The molecule has 0 saturated carbocycles. The van der Waals surface area contributed by atoms with Crippen LogP contribution in [0.2, 0.25) is 0 Å². The monoisotopic (exact) mass is 303 g/mol. The molecular formula is C11H14FN3O4S. The molecule has 1 aromatic carbocycles. The average Bonchev–Trinajstić information content (AvgIpc) is 2.38. The first-order chi connectivity index (χ1) is 9.34. The third kappa shape index (κ3) is 2.65. The van der Waals surface area contributed by atoms with Gasteiger partial charge in [-0.25, -0.2) is 12.8 Å². The van der Waals surface area contributed by atoms with Crippen LogP contribution in [0.4, 0.5) is 10.1 Å². The van der Waals surface area contributed by atoms with Crippen molar-refractivity contribution in [3.63, 3.8) is 0 Å². The molecule has 0 bridgehead atoms. The van der Waals surface area contributed by atoms with Crippen molar-refractivity contribution >= 4 is 15.7 Å². The number of hydrogen-bond donors (Lipinski definition) is 1. The Bertz CT molecular complexity index is 635. The van der Waals surface area contributed by atoms with Crippen molar-refractivity contribution in [1.29, 1.82) is 0 Å². The molecular weight excluding hydrogens is 289 g/mol. The first kappa shape index (κ1) is 14.8. The van der Waals surface area contributed by atoms with E-state index in [1.807, 2.05) is 0 Å². The zero-order valence-corrected chi connectivity index (χ0v) is 11.6. The fraction of sp³-hybridized carbons (Fsp3) is 0.455. The standard InChI is InChI=1S/C11H14FN3O4S/c1-8-7-13-4-5-14(8)20(18,19)11-3-2-9(12)6-10(11)15(16)17/h2-3,6,8,13H,4-5,7H2,1H3/t8-/m1/s1. The van der Waals surface area contributed by atoms with E-state index in [0.717, 1.165) is 12.1 Å². The summed E-state index contributed by atoms with van der Waals surface area (Å²) >= 11 is 0. The number of benzene rings is 1. The van der Waals surface area contributed by atoms with Gasteiger partial charge in [0.2, 0.25) is 10.0 Å². The molecule has 0 spiro atoms. The summed E-state index contributed by atoms with van der Waals surface area (Å²) in [7, 11) is -4.02. The van der Waals surface area contributed by atoms with Crippen LogP contribution in [0, 0.1) is 15.9 Å². The Labute approximate surface area is 115 Å². The fourth-order valence-corrected chi connectivity index (χ4v) is 3.93. The van der Waals surface area contributed by atoms with Crippen molar-refractivity contribution in [3.05, 3.63) is 34.1 Å². The molecule has 2 rings (SSSR count). The van der Waals surface area contributed by atoms with Gasteiger partial charge in [0, 0.05) is 25.7 Å². The van der Waals surface area contributed by atoms with Gasteiger partial charge >= 0.3 is 0 Å². The van der Waals surface area contributed by atoms with E-state index in [1.54, 1.807) is 6.92 Å². The quantitative estimate of drug-likeness (QED) is 0.656. The van der Waals surface area contributed by atoms with Crippen molar-refractivity contribution in [2.75, 3.05) is 19.6 Å². The van der Waals surface area contributed by atoms with Crippen LogP contribution in [-0.2, 0) is 10.0 Å². The van der Waals surface area contributed by atoms with Gasteiger partial charge in [-0.2, -0.15) is 4.31 Å². The summed E-state index contributed by atoms with van der Waals surface area (Å²) in [5, 5.41) is 14.0. The third-order valence-electron chi connectivity index (χ3n) is 3.14. The second-order valence-corrected chi connectivity index (χ2v) is 6.40.